The van der Waals surface area contributed by atoms with Crippen molar-refractivity contribution in [3.05, 3.63) is 0 Å². The molecule has 1 saturated heterocycles. The minimum Gasteiger partial charge on any atom is -0.481 e. The summed E-state index contributed by atoms with van der Waals surface area (Å²) in [5.41, 5.74) is 0. The molecule has 3 N–H and O–H groups in total. The maximum Gasteiger partial charge on any atom is 0.320 e. The van der Waals surface area contributed by atoms with E-state index in [1.807, 2.05) is 0 Å². The summed E-state index contributed by atoms with van der Waals surface area (Å²) < 4.78 is 0. The first-order valence-corrected chi connectivity index (χ1v) is 3.80. The normalized spacial score (nSPS) is 28.7. The zero-order valence-electron chi connectivity index (χ0n) is 6.49. The van der Waals surface area contributed by atoms with Crippen LogP contribution in [0.3, 0.4) is 0 Å². The lowest BCUT2D eigenvalue weighted by Crippen LogP contribution is -2.36. The lowest BCUT2D eigenvalue weighted by Gasteiger charge is -2.07. The molecular weight excluding hydrogens is 162 g/mol. The predicted molar refractivity (Wildman–Crippen MR) is 39.8 cm³/mol. The molecule has 1 heterocycles. The topological polar surface area (TPSA) is 86.6 Å². The molecule has 1 fully saturated rings. The molecule has 2 atom stereocenters. The van der Waals surface area contributed by atoms with Crippen molar-refractivity contribution in [2.24, 2.45) is 0 Å². The van der Waals surface area contributed by atoms with Gasteiger partial charge < -0.3 is 15.5 Å². The highest BCUT2D eigenvalue weighted by Crippen LogP contribution is 2.14. The third-order valence-electron chi connectivity index (χ3n) is 1.96. The molecule has 0 saturated carbocycles. The third-order valence-corrected chi connectivity index (χ3v) is 1.96. The van der Waals surface area contributed by atoms with Crippen LogP contribution in [-0.4, -0.2) is 34.2 Å². The molecule has 1 rings (SSSR count). The SMILES string of the molecule is O=C(O)CC1CCC(C(=O)O)N1. The summed E-state index contributed by atoms with van der Waals surface area (Å²) in [6, 6.07) is -0.738. The van der Waals surface area contributed by atoms with Gasteiger partial charge in [-0.25, -0.2) is 0 Å². The zero-order chi connectivity index (χ0) is 9.14. The summed E-state index contributed by atoms with van der Waals surface area (Å²) >= 11 is 0. The van der Waals surface area contributed by atoms with E-state index < -0.39 is 18.0 Å². The molecule has 5 nitrogen and oxygen atoms in total. The largest absolute Gasteiger partial charge is 0.481 e. The Balaban J connectivity index is 2.35. The van der Waals surface area contributed by atoms with Crippen LogP contribution in [0.25, 0.3) is 0 Å². The molecular formula is C7H11NO4. The van der Waals surface area contributed by atoms with Gasteiger partial charge in [-0.05, 0) is 12.8 Å². The Hall–Kier alpha value is -1.10. The minimum atomic E-state index is -0.900. The quantitative estimate of drug-likeness (QED) is 0.543. The van der Waals surface area contributed by atoms with Crippen molar-refractivity contribution in [3.63, 3.8) is 0 Å². The molecule has 1 aliphatic heterocycles. The van der Waals surface area contributed by atoms with Crippen molar-refractivity contribution in [2.75, 3.05) is 0 Å². The van der Waals surface area contributed by atoms with Gasteiger partial charge in [0.2, 0.25) is 0 Å². The van der Waals surface area contributed by atoms with Crippen molar-refractivity contribution < 1.29 is 19.8 Å². The Kier molecular flexibility index (Phi) is 2.65. The number of rotatable bonds is 3. The fraction of sp³-hybridized carbons (Fsp3) is 0.714. The van der Waals surface area contributed by atoms with E-state index in [1.165, 1.54) is 0 Å². The number of hydrogen-bond acceptors (Lipinski definition) is 3. The number of carboxylic acids is 2. The van der Waals surface area contributed by atoms with Crippen molar-refractivity contribution in [1.29, 1.82) is 0 Å². The smallest absolute Gasteiger partial charge is 0.320 e. The van der Waals surface area contributed by atoms with Crippen LogP contribution >= 0.6 is 0 Å². The van der Waals surface area contributed by atoms with Crippen molar-refractivity contribution in [2.45, 2.75) is 31.3 Å². The number of carbonyl (C=O) groups is 2. The maximum absolute atomic E-state index is 10.4. The fourth-order valence-electron chi connectivity index (χ4n) is 1.39. The average Bonchev–Trinajstić information content (AvgIpc) is 2.34. The van der Waals surface area contributed by atoms with Gasteiger partial charge in [0.1, 0.15) is 6.04 Å². The Morgan fingerprint density at radius 1 is 1.33 bits per heavy atom. The first-order chi connectivity index (χ1) is 5.59. The fourth-order valence-corrected chi connectivity index (χ4v) is 1.39. The number of carboxylic acid groups (broad SMARTS) is 2. The van der Waals surface area contributed by atoms with Crippen LogP contribution in [-0.2, 0) is 9.59 Å². The first kappa shape index (κ1) is 8.99. The van der Waals surface area contributed by atoms with Crippen LogP contribution in [0, 0.1) is 0 Å². The second kappa shape index (κ2) is 3.53. The number of aliphatic carboxylic acids is 2. The Bertz CT molecular complexity index is 204. The summed E-state index contributed by atoms with van der Waals surface area (Å²) in [6.07, 6.45) is 1.15. The van der Waals surface area contributed by atoms with E-state index in [1.54, 1.807) is 0 Å². The molecule has 5 heteroatoms. The highest BCUT2D eigenvalue weighted by Gasteiger charge is 2.29. The van der Waals surface area contributed by atoms with E-state index in [2.05, 4.69) is 5.32 Å². The number of hydrogen-bond donors (Lipinski definition) is 3. The van der Waals surface area contributed by atoms with Crippen LogP contribution in [0.4, 0.5) is 0 Å². The molecule has 0 amide bonds. The first-order valence-electron chi connectivity index (χ1n) is 3.80. The van der Waals surface area contributed by atoms with Gasteiger partial charge in [-0.2, -0.15) is 0 Å². The molecule has 0 aromatic carbocycles. The van der Waals surface area contributed by atoms with Gasteiger partial charge in [0.25, 0.3) is 0 Å². The van der Waals surface area contributed by atoms with Crippen LogP contribution in [0.2, 0.25) is 0 Å². The second-order valence-electron chi connectivity index (χ2n) is 2.93. The zero-order valence-corrected chi connectivity index (χ0v) is 6.49. The summed E-state index contributed by atoms with van der Waals surface area (Å²) in [5.74, 6) is -1.79. The lowest BCUT2D eigenvalue weighted by atomic mass is 10.1. The molecule has 0 radical (unpaired) electrons. The summed E-state index contributed by atoms with van der Waals surface area (Å²) in [7, 11) is 0. The van der Waals surface area contributed by atoms with E-state index >= 15 is 0 Å². The molecule has 12 heavy (non-hydrogen) atoms. The van der Waals surface area contributed by atoms with Crippen LogP contribution in [0.5, 0.6) is 0 Å². The molecule has 68 valence electrons. The highest BCUT2D eigenvalue weighted by atomic mass is 16.4. The third kappa shape index (κ3) is 2.20. The van der Waals surface area contributed by atoms with Gasteiger partial charge in [0.15, 0.2) is 0 Å². The molecule has 2 unspecified atom stereocenters. The minimum absolute atomic E-state index is 0.00375. The van der Waals surface area contributed by atoms with Crippen molar-refractivity contribution >= 4 is 11.9 Å². The van der Waals surface area contributed by atoms with Gasteiger partial charge in [0.05, 0.1) is 6.42 Å². The molecule has 0 aromatic rings. The van der Waals surface area contributed by atoms with Gasteiger partial charge >= 0.3 is 11.9 Å². The predicted octanol–water partition coefficient (Wildman–Crippen LogP) is -0.334. The summed E-state index contributed by atoms with van der Waals surface area (Å²) in [5, 5.41) is 19.7. The maximum atomic E-state index is 10.4. The highest BCUT2D eigenvalue weighted by molar-refractivity contribution is 5.74. The van der Waals surface area contributed by atoms with Crippen LogP contribution in [0.1, 0.15) is 19.3 Å². The lowest BCUT2D eigenvalue weighted by molar-refractivity contribution is -0.140. The van der Waals surface area contributed by atoms with Gasteiger partial charge in [-0.1, -0.05) is 0 Å². The molecule has 0 bridgehead atoms. The van der Waals surface area contributed by atoms with Crippen molar-refractivity contribution in [3.8, 4) is 0 Å². The van der Waals surface area contributed by atoms with E-state index in [-0.39, 0.29) is 12.5 Å². The molecule has 1 aliphatic rings. The Morgan fingerprint density at radius 3 is 2.42 bits per heavy atom. The van der Waals surface area contributed by atoms with Gasteiger partial charge in [-0.15, -0.1) is 0 Å². The number of nitrogens with one attached hydrogen (secondary N) is 1. The molecule has 0 aromatic heterocycles. The van der Waals surface area contributed by atoms with E-state index in [9.17, 15) is 9.59 Å². The standard InChI is InChI=1S/C7H11NO4/c9-6(10)3-4-1-2-5(8-4)7(11)12/h4-5,8H,1-3H2,(H,9,10)(H,11,12). The van der Waals surface area contributed by atoms with Crippen molar-refractivity contribution in [1.82, 2.24) is 5.32 Å². The monoisotopic (exact) mass is 173 g/mol. The van der Waals surface area contributed by atoms with E-state index in [4.69, 9.17) is 10.2 Å². The van der Waals surface area contributed by atoms with Crippen LogP contribution in [0.15, 0.2) is 0 Å². The summed E-state index contributed by atoms with van der Waals surface area (Å²) in [6.45, 7) is 0. The molecule has 0 aliphatic carbocycles. The average molecular weight is 173 g/mol. The van der Waals surface area contributed by atoms with E-state index in [0.29, 0.717) is 12.8 Å². The van der Waals surface area contributed by atoms with Gasteiger partial charge in [0, 0.05) is 6.04 Å². The molecule has 0 spiro atoms. The van der Waals surface area contributed by atoms with E-state index in [0.717, 1.165) is 0 Å². The second-order valence-corrected chi connectivity index (χ2v) is 2.93. The van der Waals surface area contributed by atoms with Gasteiger partial charge in [-0.3, -0.25) is 9.59 Å². The Labute approximate surface area is 69.4 Å². The summed E-state index contributed by atoms with van der Waals surface area (Å²) in [4.78, 5) is 20.7. The van der Waals surface area contributed by atoms with Crippen LogP contribution < -0.4 is 5.32 Å². The Morgan fingerprint density at radius 2 is 2.00 bits per heavy atom.